The lowest BCUT2D eigenvalue weighted by Crippen LogP contribution is -2.47. The molecule has 8 nitrogen and oxygen atoms in total. The lowest BCUT2D eigenvalue weighted by Gasteiger charge is -2.32. The fourth-order valence-electron chi connectivity index (χ4n) is 1.85. The molecular weight excluding hydrogens is 250 g/mol. The molecule has 0 spiro atoms. The summed E-state index contributed by atoms with van der Waals surface area (Å²) < 4.78 is 5.00. The molecule has 0 radical (unpaired) electrons. The van der Waals surface area contributed by atoms with Gasteiger partial charge in [-0.2, -0.15) is 4.98 Å². The van der Waals surface area contributed by atoms with Crippen LogP contribution in [0.25, 0.3) is 0 Å². The third-order valence-electron chi connectivity index (χ3n) is 3.02. The number of anilines is 1. The second kappa shape index (κ2) is 5.81. The summed E-state index contributed by atoms with van der Waals surface area (Å²) in [6.07, 6.45) is 0. The van der Waals surface area contributed by atoms with E-state index in [1.54, 1.807) is 0 Å². The van der Waals surface area contributed by atoms with Crippen molar-refractivity contribution in [3.63, 3.8) is 0 Å². The van der Waals surface area contributed by atoms with Gasteiger partial charge in [-0.1, -0.05) is 0 Å². The van der Waals surface area contributed by atoms with E-state index in [4.69, 9.17) is 4.74 Å². The Bertz CT molecular complexity index is 460. The number of hydrazine groups is 1. The summed E-state index contributed by atoms with van der Waals surface area (Å²) in [4.78, 5) is 16.8. The highest BCUT2D eigenvalue weighted by atomic mass is 16.6. The van der Waals surface area contributed by atoms with Crippen molar-refractivity contribution in [2.75, 3.05) is 45.8 Å². The summed E-state index contributed by atoms with van der Waals surface area (Å²) in [6.45, 7) is 3.38. The molecule has 1 fully saturated rings. The minimum absolute atomic E-state index is 0.0558. The highest BCUT2D eigenvalue weighted by Gasteiger charge is 2.20. The molecule has 1 aromatic heterocycles. The first-order chi connectivity index (χ1) is 9.10. The van der Waals surface area contributed by atoms with Gasteiger partial charge in [0.05, 0.1) is 12.0 Å². The van der Waals surface area contributed by atoms with Crippen LogP contribution in [-0.4, -0.2) is 60.2 Å². The first-order valence-electron chi connectivity index (χ1n) is 5.99. The van der Waals surface area contributed by atoms with E-state index in [9.17, 15) is 10.1 Å². The molecule has 0 atom stereocenters. The maximum Gasteiger partial charge on any atom is 0.312 e. The summed E-state index contributed by atoms with van der Waals surface area (Å²) in [5.41, 5.74) is 2.94. The SMILES string of the molecule is COc1ccc([N+](=O)[O-])c(NN2CCN(C)CC2)n1. The zero-order valence-electron chi connectivity index (χ0n) is 11.0. The van der Waals surface area contributed by atoms with E-state index in [0.29, 0.717) is 5.88 Å². The molecule has 2 heterocycles. The number of aromatic nitrogens is 1. The molecule has 0 saturated carbocycles. The number of nitrogens with one attached hydrogen (secondary N) is 1. The number of ether oxygens (including phenoxy) is 1. The summed E-state index contributed by atoms with van der Waals surface area (Å²) in [6, 6.07) is 2.87. The van der Waals surface area contributed by atoms with Gasteiger partial charge in [0.1, 0.15) is 0 Å². The quantitative estimate of drug-likeness (QED) is 0.630. The molecule has 0 bridgehead atoms. The molecule has 1 aliphatic heterocycles. The average Bonchev–Trinajstić information content (AvgIpc) is 2.41. The minimum Gasteiger partial charge on any atom is -0.481 e. The van der Waals surface area contributed by atoms with Crippen LogP contribution < -0.4 is 10.2 Å². The molecule has 2 rings (SSSR count). The van der Waals surface area contributed by atoms with E-state index in [1.807, 2.05) is 12.1 Å². The predicted octanol–water partition coefficient (Wildman–Crippen LogP) is 0.573. The predicted molar refractivity (Wildman–Crippen MR) is 70.1 cm³/mol. The number of likely N-dealkylation sites (N-methyl/N-ethyl adjacent to an activating group) is 1. The highest BCUT2D eigenvalue weighted by molar-refractivity contribution is 5.56. The standard InChI is InChI=1S/C11H17N5O3/c1-14-5-7-15(8-6-14)13-11-9(16(17)18)3-4-10(12-11)19-2/h3-4H,5-8H2,1-2H3,(H,12,13). The van der Waals surface area contributed by atoms with Crippen molar-refractivity contribution in [1.29, 1.82) is 0 Å². The number of nitrogens with zero attached hydrogens (tertiary/aromatic N) is 4. The van der Waals surface area contributed by atoms with Gasteiger partial charge in [-0.25, -0.2) is 5.01 Å². The molecule has 1 saturated heterocycles. The van der Waals surface area contributed by atoms with Crippen LogP contribution in [0.4, 0.5) is 11.5 Å². The summed E-state index contributed by atoms with van der Waals surface area (Å²) in [7, 11) is 3.53. The van der Waals surface area contributed by atoms with Crippen molar-refractivity contribution in [3.8, 4) is 5.88 Å². The van der Waals surface area contributed by atoms with Gasteiger partial charge >= 0.3 is 5.69 Å². The lowest BCUT2D eigenvalue weighted by atomic mass is 10.3. The largest absolute Gasteiger partial charge is 0.481 e. The molecule has 104 valence electrons. The lowest BCUT2D eigenvalue weighted by molar-refractivity contribution is -0.384. The van der Waals surface area contributed by atoms with E-state index in [-0.39, 0.29) is 11.5 Å². The fraction of sp³-hybridized carbons (Fsp3) is 0.545. The van der Waals surface area contributed by atoms with Crippen LogP contribution in [-0.2, 0) is 0 Å². The topological polar surface area (TPSA) is 83.8 Å². The molecule has 19 heavy (non-hydrogen) atoms. The Morgan fingerprint density at radius 1 is 1.37 bits per heavy atom. The van der Waals surface area contributed by atoms with E-state index in [0.717, 1.165) is 26.2 Å². The van der Waals surface area contributed by atoms with Gasteiger partial charge in [-0.15, -0.1) is 0 Å². The van der Waals surface area contributed by atoms with E-state index < -0.39 is 4.92 Å². The maximum absolute atomic E-state index is 11.0. The summed E-state index contributed by atoms with van der Waals surface area (Å²) in [5, 5.41) is 12.9. The average molecular weight is 267 g/mol. The second-order valence-electron chi connectivity index (χ2n) is 4.38. The minimum atomic E-state index is -0.454. The number of rotatable bonds is 4. The maximum atomic E-state index is 11.0. The van der Waals surface area contributed by atoms with Crippen molar-refractivity contribution in [1.82, 2.24) is 14.9 Å². The molecule has 0 amide bonds. The van der Waals surface area contributed by atoms with Crippen molar-refractivity contribution < 1.29 is 9.66 Å². The van der Waals surface area contributed by atoms with Gasteiger partial charge in [0.15, 0.2) is 0 Å². The molecule has 1 aliphatic rings. The van der Waals surface area contributed by atoms with Gasteiger partial charge in [-0.3, -0.25) is 15.5 Å². The van der Waals surface area contributed by atoms with Crippen LogP contribution in [0.15, 0.2) is 12.1 Å². The monoisotopic (exact) mass is 267 g/mol. The van der Waals surface area contributed by atoms with E-state index in [2.05, 4.69) is 15.3 Å². The number of pyridine rings is 1. The van der Waals surface area contributed by atoms with Gasteiger partial charge in [-0.05, 0) is 7.05 Å². The Hall–Kier alpha value is -1.93. The molecule has 1 aromatic rings. The van der Waals surface area contributed by atoms with Crippen molar-refractivity contribution in [3.05, 3.63) is 22.2 Å². The van der Waals surface area contributed by atoms with E-state index >= 15 is 0 Å². The molecule has 8 heteroatoms. The number of nitro groups is 1. The van der Waals surface area contributed by atoms with Crippen LogP contribution in [0.5, 0.6) is 5.88 Å². The molecule has 0 aliphatic carbocycles. The van der Waals surface area contributed by atoms with Crippen LogP contribution in [0.3, 0.4) is 0 Å². The summed E-state index contributed by atoms with van der Waals surface area (Å²) in [5.74, 6) is 0.566. The fourth-order valence-corrected chi connectivity index (χ4v) is 1.85. The Balaban J connectivity index is 2.15. The Morgan fingerprint density at radius 3 is 2.63 bits per heavy atom. The number of methoxy groups -OCH3 is 1. The van der Waals surface area contributed by atoms with Crippen molar-refractivity contribution in [2.45, 2.75) is 0 Å². The molecule has 0 unspecified atom stereocenters. The third-order valence-corrected chi connectivity index (χ3v) is 3.02. The first kappa shape index (κ1) is 13.5. The van der Waals surface area contributed by atoms with Gasteiger partial charge in [0.2, 0.25) is 11.7 Å². The number of hydrogen-bond donors (Lipinski definition) is 1. The Labute approximate surface area is 111 Å². The second-order valence-corrected chi connectivity index (χ2v) is 4.38. The zero-order chi connectivity index (χ0) is 13.8. The molecular formula is C11H17N5O3. The van der Waals surface area contributed by atoms with Crippen LogP contribution in [0.1, 0.15) is 0 Å². The third kappa shape index (κ3) is 3.30. The Morgan fingerprint density at radius 2 is 2.05 bits per heavy atom. The normalized spacial score (nSPS) is 17.2. The molecule has 0 aromatic carbocycles. The van der Waals surface area contributed by atoms with Crippen molar-refractivity contribution in [2.24, 2.45) is 0 Å². The number of hydrogen-bond acceptors (Lipinski definition) is 7. The van der Waals surface area contributed by atoms with Gasteiger partial charge in [0.25, 0.3) is 0 Å². The smallest absolute Gasteiger partial charge is 0.312 e. The Kier molecular flexibility index (Phi) is 4.13. The van der Waals surface area contributed by atoms with Gasteiger partial charge in [0, 0.05) is 38.3 Å². The number of piperazine rings is 1. The molecule has 1 N–H and O–H groups in total. The first-order valence-corrected chi connectivity index (χ1v) is 5.99. The highest BCUT2D eigenvalue weighted by Crippen LogP contribution is 2.25. The van der Waals surface area contributed by atoms with E-state index in [1.165, 1.54) is 19.2 Å². The van der Waals surface area contributed by atoms with Crippen LogP contribution in [0, 0.1) is 10.1 Å². The zero-order valence-corrected chi connectivity index (χ0v) is 11.0. The summed E-state index contributed by atoms with van der Waals surface area (Å²) >= 11 is 0. The van der Waals surface area contributed by atoms with Crippen LogP contribution >= 0.6 is 0 Å². The van der Waals surface area contributed by atoms with Gasteiger partial charge < -0.3 is 9.64 Å². The van der Waals surface area contributed by atoms with Crippen molar-refractivity contribution >= 4 is 11.5 Å². The van der Waals surface area contributed by atoms with Crippen LogP contribution in [0.2, 0.25) is 0 Å².